The van der Waals surface area contributed by atoms with Crippen molar-refractivity contribution >= 4 is 0 Å². The van der Waals surface area contributed by atoms with E-state index < -0.39 is 12.7 Å². The second kappa shape index (κ2) is 5.95. The van der Waals surface area contributed by atoms with Crippen molar-refractivity contribution in [3.05, 3.63) is 23.8 Å². The first-order valence-corrected chi connectivity index (χ1v) is 4.71. The second-order valence-electron chi connectivity index (χ2n) is 3.10. The van der Waals surface area contributed by atoms with Crippen LogP contribution in [0.1, 0.15) is 5.56 Å². The Morgan fingerprint density at radius 1 is 1.50 bits per heavy atom. The minimum atomic E-state index is -0.976. The van der Waals surface area contributed by atoms with Crippen LogP contribution < -0.4 is 9.47 Å². The van der Waals surface area contributed by atoms with E-state index in [2.05, 4.69) is 0 Å². The number of aliphatic hydroxyl groups excluding tert-OH is 2. The van der Waals surface area contributed by atoms with Gasteiger partial charge in [0.2, 0.25) is 0 Å². The van der Waals surface area contributed by atoms with Crippen molar-refractivity contribution in [2.24, 2.45) is 0 Å². The highest BCUT2D eigenvalue weighted by molar-refractivity contribution is 5.52. The van der Waals surface area contributed by atoms with Crippen molar-refractivity contribution in [3.8, 4) is 17.6 Å². The van der Waals surface area contributed by atoms with Crippen molar-refractivity contribution < 1.29 is 19.7 Å². The maximum Gasteiger partial charge on any atom is 0.179 e. The normalized spacial score (nSPS) is 11.6. The lowest BCUT2D eigenvalue weighted by atomic mass is 10.2. The molecular weight excluding hydrogens is 210 g/mol. The molecule has 0 saturated carbocycles. The van der Waals surface area contributed by atoms with Gasteiger partial charge in [-0.1, -0.05) is 6.07 Å². The molecule has 86 valence electrons. The van der Waals surface area contributed by atoms with E-state index in [1.54, 1.807) is 18.2 Å². The predicted molar refractivity (Wildman–Crippen MR) is 56.3 cm³/mol. The number of aliphatic hydroxyl groups is 2. The third-order valence-electron chi connectivity index (χ3n) is 1.95. The fourth-order valence-corrected chi connectivity index (χ4v) is 1.15. The summed E-state index contributed by atoms with van der Waals surface area (Å²) in [6.07, 6.45) is -0.976. The summed E-state index contributed by atoms with van der Waals surface area (Å²) in [5, 5.41) is 26.7. The highest BCUT2D eigenvalue weighted by Crippen LogP contribution is 2.30. The van der Waals surface area contributed by atoms with E-state index in [4.69, 9.17) is 24.9 Å². The van der Waals surface area contributed by atoms with Crippen LogP contribution in [0.3, 0.4) is 0 Å². The quantitative estimate of drug-likeness (QED) is 0.750. The van der Waals surface area contributed by atoms with Crippen molar-refractivity contribution in [2.75, 3.05) is 20.3 Å². The monoisotopic (exact) mass is 223 g/mol. The van der Waals surface area contributed by atoms with Crippen LogP contribution in [0, 0.1) is 11.3 Å². The van der Waals surface area contributed by atoms with Crippen molar-refractivity contribution in [2.45, 2.75) is 6.10 Å². The van der Waals surface area contributed by atoms with E-state index in [0.717, 1.165) is 0 Å². The molecule has 0 aliphatic heterocycles. The summed E-state index contributed by atoms with van der Waals surface area (Å²) in [6.45, 7) is -0.484. The summed E-state index contributed by atoms with van der Waals surface area (Å²) in [6, 6.07) is 6.88. The summed E-state index contributed by atoms with van der Waals surface area (Å²) in [5.74, 6) is 0.698. The molecule has 0 fully saturated rings. The molecular formula is C11H13NO4. The van der Waals surface area contributed by atoms with Crippen molar-refractivity contribution in [3.63, 3.8) is 0 Å². The molecule has 1 atom stereocenters. The molecule has 5 nitrogen and oxygen atoms in total. The van der Waals surface area contributed by atoms with Crippen LogP contribution in [0.25, 0.3) is 0 Å². The van der Waals surface area contributed by atoms with E-state index in [9.17, 15) is 0 Å². The molecule has 0 spiro atoms. The lowest BCUT2D eigenvalue weighted by Crippen LogP contribution is -2.21. The van der Waals surface area contributed by atoms with Gasteiger partial charge in [-0.3, -0.25) is 0 Å². The molecule has 1 unspecified atom stereocenters. The Kier molecular flexibility index (Phi) is 4.58. The summed E-state index contributed by atoms with van der Waals surface area (Å²) in [5.41, 5.74) is 0.324. The van der Waals surface area contributed by atoms with Crippen LogP contribution in [-0.4, -0.2) is 36.6 Å². The van der Waals surface area contributed by atoms with Crippen molar-refractivity contribution in [1.82, 2.24) is 0 Å². The standard InChI is InChI=1S/C11H13NO4/c1-15-10-4-2-3-8(5-12)11(10)16-7-9(14)6-13/h2-4,9,13-14H,6-7H2,1H3. The van der Waals surface area contributed by atoms with Gasteiger partial charge in [-0.15, -0.1) is 0 Å². The molecule has 1 aromatic rings. The van der Waals surface area contributed by atoms with Gasteiger partial charge in [-0.2, -0.15) is 5.26 Å². The third-order valence-corrected chi connectivity index (χ3v) is 1.95. The summed E-state index contributed by atoms with van der Waals surface area (Å²) in [4.78, 5) is 0. The summed E-state index contributed by atoms with van der Waals surface area (Å²) < 4.78 is 10.3. The maximum atomic E-state index is 9.15. The first-order chi connectivity index (χ1) is 7.72. The largest absolute Gasteiger partial charge is 0.493 e. The molecule has 16 heavy (non-hydrogen) atoms. The van der Waals surface area contributed by atoms with Gasteiger partial charge < -0.3 is 19.7 Å². The van der Waals surface area contributed by atoms with Gasteiger partial charge in [0, 0.05) is 0 Å². The molecule has 0 aromatic heterocycles. The minimum Gasteiger partial charge on any atom is -0.493 e. The van der Waals surface area contributed by atoms with Gasteiger partial charge in [0.15, 0.2) is 11.5 Å². The van der Waals surface area contributed by atoms with Crippen LogP contribution in [0.2, 0.25) is 0 Å². The number of rotatable bonds is 5. The number of para-hydroxylation sites is 1. The lowest BCUT2D eigenvalue weighted by Gasteiger charge is -2.13. The molecule has 5 heteroatoms. The fourth-order valence-electron chi connectivity index (χ4n) is 1.15. The molecule has 1 aromatic carbocycles. The van der Waals surface area contributed by atoms with E-state index in [1.807, 2.05) is 6.07 Å². The number of hydrogen-bond donors (Lipinski definition) is 2. The fraction of sp³-hybridized carbons (Fsp3) is 0.364. The lowest BCUT2D eigenvalue weighted by molar-refractivity contribution is 0.0526. The molecule has 0 bridgehead atoms. The Hall–Kier alpha value is -1.77. The highest BCUT2D eigenvalue weighted by atomic mass is 16.5. The Bertz CT molecular complexity index is 386. The SMILES string of the molecule is COc1cccc(C#N)c1OCC(O)CO. The van der Waals surface area contributed by atoms with Crippen LogP contribution in [0.4, 0.5) is 0 Å². The van der Waals surface area contributed by atoms with Gasteiger partial charge in [0.25, 0.3) is 0 Å². The van der Waals surface area contributed by atoms with Crippen LogP contribution in [0.15, 0.2) is 18.2 Å². The smallest absolute Gasteiger partial charge is 0.179 e. The van der Waals surface area contributed by atoms with Gasteiger partial charge in [-0.05, 0) is 12.1 Å². The van der Waals surface area contributed by atoms with Gasteiger partial charge >= 0.3 is 0 Å². The Morgan fingerprint density at radius 3 is 2.81 bits per heavy atom. The average molecular weight is 223 g/mol. The van der Waals surface area contributed by atoms with Crippen LogP contribution >= 0.6 is 0 Å². The minimum absolute atomic E-state index is 0.0917. The topological polar surface area (TPSA) is 82.7 Å². The molecule has 1 rings (SSSR count). The summed E-state index contributed by atoms with van der Waals surface area (Å²) in [7, 11) is 1.46. The number of nitriles is 1. The number of benzene rings is 1. The Labute approximate surface area is 93.5 Å². The second-order valence-corrected chi connectivity index (χ2v) is 3.10. The zero-order chi connectivity index (χ0) is 12.0. The van der Waals surface area contributed by atoms with Gasteiger partial charge in [0.1, 0.15) is 18.8 Å². The molecule has 0 saturated heterocycles. The third kappa shape index (κ3) is 2.86. The number of hydrogen-bond acceptors (Lipinski definition) is 5. The van der Waals surface area contributed by atoms with E-state index in [-0.39, 0.29) is 12.4 Å². The zero-order valence-corrected chi connectivity index (χ0v) is 8.88. The first kappa shape index (κ1) is 12.3. The molecule has 0 aliphatic rings. The first-order valence-electron chi connectivity index (χ1n) is 4.71. The van der Waals surface area contributed by atoms with Crippen LogP contribution in [0.5, 0.6) is 11.5 Å². The van der Waals surface area contributed by atoms with Gasteiger partial charge in [0.05, 0.1) is 19.3 Å². The van der Waals surface area contributed by atoms with E-state index >= 15 is 0 Å². The highest BCUT2D eigenvalue weighted by Gasteiger charge is 2.12. The number of ether oxygens (including phenoxy) is 2. The molecule has 0 radical (unpaired) electrons. The predicted octanol–water partition coefficient (Wildman–Crippen LogP) is 0.299. The van der Waals surface area contributed by atoms with E-state index in [0.29, 0.717) is 11.3 Å². The summed E-state index contributed by atoms with van der Waals surface area (Å²) >= 11 is 0. The average Bonchev–Trinajstić information content (AvgIpc) is 2.35. The number of methoxy groups -OCH3 is 1. The van der Waals surface area contributed by atoms with Crippen molar-refractivity contribution in [1.29, 1.82) is 5.26 Å². The molecule has 0 amide bonds. The van der Waals surface area contributed by atoms with Gasteiger partial charge in [-0.25, -0.2) is 0 Å². The zero-order valence-electron chi connectivity index (χ0n) is 8.88. The molecule has 0 heterocycles. The Balaban J connectivity index is 2.88. The maximum absolute atomic E-state index is 9.15. The van der Waals surface area contributed by atoms with Crippen LogP contribution in [-0.2, 0) is 0 Å². The molecule has 0 aliphatic carbocycles. The number of nitrogens with zero attached hydrogens (tertiary/aromatic N) is 1. The van der Waals surface area contributed by atoms with E-state index in [1.165, 1.54) is 7.11 Å². The Morgan fingerprint density at radius 2 is 2.25 bits per heavy atom. The molecule has 2 N–H and O–H groups in total.